The van der Waals surface area contributed by atoms with E-state index < -0.39 is 18.5 Å². The van der Waals surface area contributed by atoms with Gasteiger partial charge in [0.15, 0.2) is 0 Å². The summed E-state index contributed by atoms with van der Waals surface area (Å²) in [7, 11) is 1.61. The average molecular weight is 296 g/mol. The number of aromatic nitrogens is 1. The van der Waals surface area contributed by atoms with Gasteiger partial charge in [0.1, 0.15) is 11.0 Å². The molecule has 0 atom stereocenters. The number of amides is 1. The van der Waals surface area contributed by atoms with E-state index in [0.29, 0.717) is 5.82 Å². The molecule has 8 heteroatoms. The molecule has 0 radical (unpaired) electrons. The van der Waals surface area contributed by atoms with Crippen molar-refractivity contribution < 1.29 is 18.0 Å². The lowest BCUT2D eigenvalue weighted by Crippen LogP contribution is -2.25. The van der Waals surface area contributed by atoms with E-state index in [1.807, 2.05) is 0 Å². The average Bonchev–Trinajstić information content (AvgIpc) is 2.32. The first-order valence-electron chi connectivity index (χ1n) is 5.52. The Morgan fingerprint density at radius 1 is 1.42 bits per heavy atom. The van der Waals surface area contributed by atoms with Crippen molar-refractivity contribution in [1.82, 2.24) is 10.3 Å². The fraction of sp³-hybridized carbons (Fsp3) is 0.455. The fourth-order valence-corrected chi connectivity index (χ4v) is 1.56. The Hall–Kier alpha value is -1.50. The Kier molecular flexibility index (Phi) is 5.41. The number of rotatable bonds is 5. The van der Waals surface area contributed by atoms with Crippen LogP contribution in [0.1, 0.15) is 23.2 Å². The molecule has 0 saturated carbocycles. The van der Waals surface area contributed by atoms with Crippen LogP contribution in [0.15, 0.2) is 12.1 Å². The van der Waals surface area contributed by atoms with E-state index >= 15 is 0 Å². The molecule has 0 aliphatic carbocycles. The summed E-state index contributed by atoms with van der Waals surface area (Å²) in [6, 6.07) is 2.81. The molecule has 2 N–H and O–H groups in total. The molecule has 0 spiro atoms. The highest BCUT2D eigenvalue weighted by Gasteiger charge is 2.26. The molecule has 1 aromatic heterocycles. The van der Waals surface area contributed by atoms with Crippen molar-refractivity contribution >= 4 is 23.3 Å². The van der Waals surface area contributed by atoms with Crippen molar-refractivity contribution in [3.05, 3.63) is 22.8 Å². The highest BCUT2D eigenvalue weighted by atomic mass is 35.5. The molecule has 0 aliphatic heterocycles. The summed E-state index contributed by atoms with van der Waals surface area (Å²) in [5.41, 5.74) is 0.247. The zero-order valence-corrected chi connectivity index (χ0v) is 10.9. The number of alkyl halides is 3. The lowest BCUT2D eigenvalue weighted by Gasteiger charge is -2.08. The quantitative estimate of drug-likeness (QED) is 0.649. The van der Waals surface area contributed by atoms with Gasteiger partial charge in [-0.3, -0.25) is 4.79 Å². The number of carbonyl (C=O) groups is 1. The Bertz CT molecular complexity index is 451. The molecule has 0 saturated heterocycles. The van der Waals surface area contributed by atoms with Gasteiger partial charge in [0, 0.05) is 25.6 Å². The van der Waals surface area contributed by atoms with Crippen LogP contribution in [0.4, 0.5) is 19.0 Å². The Balaban J connectivity index is 2.52. The minimum absolute atomic E-state index is 0.0484. The molecule has 0 unspecified atom stereocenters. The third-order valence-electron chi connectivity index (χ3n) is 2.23. The van der Waals surface area contributed by atoms with Gasteiger partial charge in [-0.25, -0.2) is 4.98 Å². The second-order valence-electron chi connectivity index (χ2n) is 3.79. The highest BCUT2D eigenvalue weighted by Crippen LogP contribution is 2.20. The molecule has 0 bridgehead atoms. The Labute approximate surface area is 113 Å². The van der Waals surface area contributed by atoms with Gasteiger partial charge in [-0.1, -0.05) is 11.6 Å². The van der Waals surface area contributed by atoms with Gasteiger partial charge in [0.05, 0.1) is 0 Å². The summed E-state index contributed by atoms with van der Waals surface area (Å²) in [6.45, 7) is -0.0484. The second-order valence-corrected chi connectivity index (χ2v) is 4.18. The van der Waals surface area contributed by atoms with Crippen LogP contribution in [-0.2, 0) is 0 Å². The van der Waals surface area contributed by atoms with Gasteiger partial charge < -0.3 is 10.6 Å². The lowest BCUT2D eigenvalue weighted by atomic mass is 10.2. The van der Waals surface area contributed by atoms with Gasteiger partial charge in [-0.2, -0.15) is 13.2 Å². The molecule has 1 aromatic rings. The molecule has 0 fully saturated rings. The maximum absolute atomic E-state index is 11.9. The van der Waals surface area contributed by atoms with Crippen molar-refractivity contribution in [3.8, 4) is 0 Å². The Morgan fingerprint density at radius 3 is 2.68 bits per heavy atom. The third kappa shape index (κ3) is 5.78. The summed E-state index contributed by atoms with van der Waals surface area (Å²) in [6.07, 6.45) is -5.29. The molecule has 19 heavy (non-hydrogen) atoms. The van der Waals surface area contributed by atoms with Gasteiger partial charge in [0.25, 0.3) is 5.91 Å². The predicted molar refractivity (Wildman–Crippen MR) is 66.4 cm³/mol. The second kappa shape index (κ2) is 6.60. The summed E-state index contributed by atoms with van der Waals surface area (Å²) in [5, 5.41) is 5.25. The summed E-state index contributed by atoms with van der Waals surface area (Å²) in [4.78, 5) is 15.6. The predicted octanol–water partition coefficient (Wildman–Crippen LogP) is 2.85. The maximum Gasteiger partial charge on any atom is 0.389 e. The van der Waals surface area contributed by atoms with Crippen LogP contribution < -0.4 is 10.6 Å². The molecular weight excluding hydrogens is 283 g/mol. The maximum atomic E-state index is 11.9. The first kappa shape index (κ1) is 15.6. The van der Waals surface area contributed by atoms with E-state index in [2.05, 4.69) is 15.6 Å². The molecule has 4 nitrogen and oxygen atoms in total. The number of halogens is 4. The molecule has 1 heterocycles. The molecular formula is C11H13ClF3N3O. The number of nitrogens with zero attached hydrogens (tertiary/aromatic N) is 1. The van der Waals surface area contributed by atoms with E-state index in [4.69, 9.17) is 11.6 Å². The normalized spacial score (nSPS) is 11.2. The van der Waals surface area contributed by atoms with Crippen molar-refractivity contribution in [3.63, 3.8) is 0 Å². The van der Waals surface area contributed by atoms with Gasteiger partial charge >= 0.3 is 6.18 Å². The zero-order chi connectivity index (χ0) is 14.5. The third-order valence-corrected chi connectivity index (χ3v) is 2.43. The van der Waals surface area contributed by atoms with Crippen molar-refractivity contribution in [2.24, 2.45) is 0 Å². The summed E-state index contributed by atoms with van der Waals surface area (Å²) >= 11 is 5.71. The molecule has 1 amide bonds. The molecule has 0 aromatic carbocycles. The van der Waals surface area contributed by atoms with E-state index in [9.17, 15) is 18.0 Å². The molecule has 106 valence electrons. The number of nitrogens with one attached hydrogen (secondary N) is 2. The van der Waals surface area contributed by atoms with Crippen LogP contribution >= 0.6 is 11.6 Å². The van der Waals surface area contributed by atoms with E-state index in [0.717, 1.165) is 0 Å². The summed E-state index contributed by atoms with van der Waals surface area (Å²) in [5.74, 6) is -0.0732. The van der Waals surface area contributed by atoms with E-state index in [1.54, 1.807) is 7.05 Å². The van der Waals surface area contributed by atoms with Crippen LogP contribution in [0, 0.1) is 0 Å². The number of hydrogen-bond donors (Lipinski definition) is 2. The number of pyridine rings is 1. The van der Waals surface area contributed by atoms with Crippen molar-refractivity contribution in [2.75, 3.05) is 18.9 Å². The fourth-order valence-electron chi connectivity index (χ4n) is 1.35. The van der Waals surface area contributed by atoms with E-state index in [-0.39, 0.29) is 23.7 Å². The monoisotopic (exact) mass is 295 g/mol. The first-order valence-corrected chi connectivity index (χ1v) is 5.90. The van der Waals surface area contributed by atoms with Crippen LogP contribution in [0.25, 0.3) is 0 Å². The minimum atomic E-state index is -4.20. The molecule has 1 rings (SSSR count). The van der Waals surface area contributed by atoms with Crippen LogP contribution in [0.5, 0.6) is 0 Å². The van der Waals surface area contributed by atoms with E-state index in [1.165, 1.54) is 12.1 Å². The largest absolute Gasteiger partial charge is 0.389 e. The SMILES string of the molecule is CNc1cc(C(=O)NCCCC(F)(F)F)cc(Cl)n1. The van der Waals surface area contributed by atoms with Crippen molar-refractivity contribution in [2.45, 2.75) is 19.0 Å². The lowest BCUT2D eigenvalue weighted by molar-refractivity contribution is -0.135. The zero-order valence-electron chi connectivity index (χ0n) is 10.1. The van der Waals surface area contributed by atoms with Gasteiger partial charge in [-0.15, -0.1) is 0 Å². The number of hydrogen-bond acceptors (Lipinski definition) is 3. The van der Waals surface area contributed by atoms with Crippen LogP contribution in [0.2, 0.25) is 5.15 Å². The smallest absolute Gasteiger partial charge is 0.373 e. The minimum Gasteiger partial charge on any atom is -0.373 e. The van der Waals surface area contributed by atoms with Gasteiger partial charge in [0.2, 0.25) is 0 Å². The van der Waals surface area contributed by atoms with Crippen LogP contribution in [0.3, 0.4) is 0 Å². The highest BCUT2D eigenvalue weighted by molar-refractivity contribution is 6.29. The first-order chi connectivity index (χ1) is 8.81. The van der Waals surface area contributed by atoms with Gasteiger partial charge in [-0.05, 0) is 18.6 Å². The number of anilines is 1. The standard InChI is InChI=1S/C11H13ClF3N3O/c1-16-9-6-7(5-8(12)18-9)10(19)17-4-2-3-11(13,14)15/h5-6H,2-4H2,1H3,(H,16,18)(H,17,19). The van der Waals surface area contributed by atoms with Crippen LogP contribution in [-0.4, -0.2) is 30.7 Å². The van der Waals surface area contributed by atoms with Crippen molar-refractivity contribution in [1.29, 1.82) is 0 Å². The topological polar surface area (TPSA) is 54.0 Å². The Morgan fingerprint density at radius 2 is 2.11 bits per heavy atom. The number of carbonyl (C=O) groups excluding carboxylic acids is 1. The summed E-state index contributed by atoms with van der Waals surface area (Å²) < 4.78 is 35.7. The molecule has 0 aliphatic rings.